The molecule has 2 aliphatic heterocycles. The molecule has 1 saturated heterocycles. The first-order chi connectivity index (χ1) is 13.2. The van der Waals surface area contributed by atoms with E-state index < -0.39 is 0 Å². The number of ether oxygens (including phenoxy) is 2. The molecule has 0 aliphatic carbocycles. The third-order valence-electron chi connectivity index (χ3n) is 4.99. The van der Waals surface area contributed by atoms with Gasteiger partial charge >= 0.3 is 0 Å². The third-order valence-corrected chi connectivity index (χ3v) is 4.99. The van der Waals surface area contributed by atoms with Crippen LogP contribution in [-0.2, 0) is 4.79 Å². The number of fused-ring (bicyclic) bond motifs is 1. The second-order valence-electron chi connectivity index (χ2n) is 6.85. The molecule has 1 amide bonds. The van der Waals surface area contributed by atoms with Gasteiger partial charge in [-0.25, -0.2) is 4.98 Å². The molecule has 4 rings (SSSR count). The van der Waals surface area contributed by atoms with E-state index in [0.717, 1.165) is 49.1 Å². The maximum absolute atomic E-state index is 12.4. The number of carbonyl (C=O) groups excluding carboxylic acids is 1. The number of pyridine rings is 1. The Labute approximate surface area is 158 Å². The lowest BCUT2D eigenvalue weighted by atomic mass is 10.1. The van der Waals surface area contributed by atoms with Gasteiger partial charge in [0, 0.05) is 32.4 Å². The molecule has 2 aromatic rings. The SMILES string of the molecule is C[C@@H](NC(=O)CN1CCN(c2ccccn2)CC1)c1ccc2c(c1)OCO2. The molecule has 1 aromatic carbocycles. The zero-order chi connectivity index (χ0) is 18.6. The van der Waals surface area contributed by atoms with Gasteiger partial charge < -0.3 is 19.7 Å². The van der Waals surface area contributed by atoms with Gasteiger partial charge in [-0.2, -0.15) is 0 Å². The highest BCUT2D eigenvalue weighted by atomic mass is 16.7. The van der Waals surface area contributed by atoms with Crippen molar-refractivity contribution in [3.8, 4) is 11.5 Å². The molecular weight excluding hydrogens is 344 g/mol. The standard InChI is InChI=1S/C20H24N4O3/c1-15(16-5-6-17-18(12-16)27-14-26-17)22-20(25)13-23-8-10-24(11-9-23)19-4-2-3-7-21-19/h2-7,12,15H,8-11,13-14H2,1H3,(H,22,25)/t15-/m1/s1. The highest BCUT2D eigenvalue weighted by molar-refractivity contribution is 5.78. The summed E-state index contributed by atoms with van der Waals surface area (Å²) in [5.41, 5.74) is 1.01. The summed E-state index contributed by atoms with van der Waals surface area (Å²) in [5.74, 6) is 2.52. The molecule has 0 saturated carbocycles. The molecule has 27 heavy (non-hydrogen) atoms. The number of rotatable bonds is 5. The van der Waals surface area contributed by atoms with Crippen LogP contribution in [0, 0.1) is 0 Å². The van der Waals surface area contributed by atoms with E-state index in [1.54, 1.807) is 0 Å². The number of carbonyl (C=O) groups is 1. The molecule has 0 radical (unpaired) electrons. The van der Waals surface area contributed by atoms with Crippen LogP contribution in [0.2, 0.25) is 0 Å². The summed E-state index contributed by atoms with van der Waals surface area (Å²) in [4.78, 5) is 21.3. The van der Waals surface area contributed by atoms with Crippen molar-refractivity contribution in [1.29, 1.82) is 0 Å². The van der Waals surface area contributed by atoms with Gasteiger partial charge in [0.1, 0.15) is 5.82 Å². The van der Waals surface area contributed by atoms with E-state index >= 15 is 0 Å². The van der Waals surface area contributed by atoms with Gasteiger partial charge in [0.25, 0.3) is 0 Å². The van der Waals surface area contributed by atoms with Gasteiger partial charge in [-0.1, -0.05) is 12.1 Å². The van der Waals surface area contributed by atoms with Gasteiger partial charge in [-0.05, 0) is 36.8 Å². The van der Waals surface area contributed by atoms with E-state index in [1.807, 2.05) is 49.5 Å². The average Bonchev–Trinajstić information content (AvgIpc) is 3.17. The first-order valence-electron chi connectivity index (χ1n) is 9.26. The molecule has 0 spiro atoms. The third kappa shape index (κ3) is 4.14. The van der Waals surface area contributed by atoms with Crippen molar-refractivity contribution in [1.82, 2.24) is 15.2 Å². The minimum absolute atomic E-state index is 0.0338. The quantitative estimate of drug-likeness (QED) is 0.868. The minimum Gasteiger partial charge on any atom is -0.454 e. The second kappa shape index (κ2) is 7.84. The molecule has 3 heterocycles. The Morgan fingerprint density at radius 3 is 2.74 bits per heavy atom. The lowest BCUT2D eigenvalue weighted by Gasteiger charge is -2.35. The molecule has 7 nitrogen and oxygen atoms in total. The first-order valence-corrected chi connectivity index (χ1v) is 9.26. The van der Waals surface area contributed by atoms with Crippen LogP contribution in [0.5, 0.6) is 11.5 Å². The van der Waals surface area contributed by atoms with E-state index in [4.69, 9.17) is 9.47 Å². The summed E-state index contributed by atoms with van der Waals surface area (Å²) < 4.78 is 10.7. The smallest absolute Gasteiger partial charge is 0.234 e. The summed E-state index contributed by atoms with van der Waals surface area (Å²) in [5, 5.41) is 3.07. The molecule has 1 atom stereocenters. The Hall–Kier alpha value is -2.80. The van der Waals surface area contributed by atoms with Crippen LogP contribution in [0.25, 0.3) is 0 Å². The fraction of sp³-hybridized carbons (Fsp3) is 0.400. The van der Waals surface area contributed by atoms with Crippen molar-refractivity contribution in [2.45, 2.75) is 13.0 Å². The average molecular weight is 368 g/mol. The van der Waals surface area contributed by atoms with Crippen LogP contribution >= 0.6 is 0 Å². The van der Waals surface area contributed by atoms with Gasteiger partial charge in [-0.3, -0.25) is 9.69 Å². The summed E-state index contributed by atoms with van der Waals surface area (Å²) in [6.45, 7) is 6.10. The largest absolute Gasteiger partial charge is 0.454 e. The Bertz CT molecular complexity index is 791. The van der Waals surface area contributed by atoms with Crippen LogP contribution in [0.3, 0.4) is 0 Å². The number of aromatic nitrogens is 1. The molecule has 7 heteroatoms. The Balaban J connectivity index is 1.26. The fourth-order valence-electron chi connectivity index (χ4n) is 3.43. The number of nitrogens with zero attached hydrogens (tertiary/aromatic N) is 3. The van der Waals surface area contributed by atoms with Crippen LogP contribution in [0.1, 0.15) is 18.5 Å². The van der Waals surface area contributed by atoms with E-state index in [0.29, 0.717) is 6.54 Å². The number of hydrogen-bond donors (Lipinski definition) is 1. The highest BCUT2D eigenvalue weighted by Crippen LogP contribution is 2.34. The van der Waals surface area contributed by atoms with Crippen LogP contribution in [-0.4, -0.2) is 55.3 Å². The van der Waals surface area contributed by atoms with E-state index in [-0.39, 0.29) is 18.7 Å². The molecule has 0 bridgehead atoms. The van der Waals surface area contributed by atoms with Crippen LogP contribution < -0.4 is 19.7 Å². The van der Waals surface area contributed by atoms with Crippen LogP contribution in [0.15, 0.2) is 42.6 Å². The van der Waals surface area contributed by atoms with Gasteiger partial charge in [-0.15, -0.1) is 0 Å². The van der Waals surface area contributed by atoms with E-state index in [2.05, 4.69) is 20.1 Å². The van der Waals surface area contributed by atoms with E-state index in [1.165, 1.54) is 0 Å². The maximum atomic E-state index is 12.4. The summed E-state index contributed by atoms with van der Waals surface area (Å²) in [7, 11) is 0. The van der Waals surface area contributed by atoms with Crippen molar-refractivity contribution in [2.75, 3.05) is 44.4 Å². The second-order valence-corrected chi connectivity index (χ2v) is 6.85. The molecule has 142 valence electrons. The summed E-state index contributed by atoms with van der Waals surface area (Å²) in [6.07, 6.45) is 1.81. The molecule has 2 aliphatic rings. The summed E-state index contributed by atoms with van der Waals surface area (Å²) in [6, 6.07) is 11.6. The predicted octanol–water partition coefficient (Wildman–Crippen LogP) is 1.81. The molecule has 1 aromatic heterocycles. The number of piperazine rings is 1. The molecule has 1 N–H and O–H groups in total. The maximum Gasteiger partial charge on any atom is 0.234 e. The zero-order valence-corrected chi connectivity index (χ0v) is 15.4. The van der Waals surface area contributed by atoms with E-state index in [9.17, 15) is 4.79 Å². The van der Waals surface area contributed by atoms with Gasteiger partial charge in [0.2, 0.25) is 12.7 Å². The normalized spacial score (nSPS) is 17.6. The Morgan fingerprint density at radius 2 is 1.96 bits per heavy atom. The predicted molar refractivity (Wildman–Crippen MR) is 102 cm³/mol. The Morgan fingerprint density at radius 1 is 1.15 bits per heavy atom. The lowest BCUT2D eigenvalue weighted by molar-refractivity contribution is -0.123. The zero-order valence-electron chi connectivity index (χ0n) is 15.4. The number of amides is 1. The van der Waals surface area contributed by atoms with Crippen molar-refractivity contribution in [2.24, 2.45) is 0 Å². The van der Waals surface area contributed by atoms with Gasteiger partial charge in [0.05, 0.1) is 12.6 Å². The van der Waals surface area contributed by atoms with Crippen LogP contribution in [0.4, 0.5) is 5.82 Å². The van der Waals surface area contributed by atoms with Crippen molar-refractivity contribution in [3.63, 3.8) is 0 Å². The Kier molecular flexibility index (Phi) is 5.11. The summed E-state index contributed by atoms with van der Waals surface area (Å²) >= 11 is 0. The molecule has 1 fully saturated rings. The number of hydrogen-bond acceptors (Lipinski definition) is 6. The van der Waals surface area contributed by atoms with Gasteiger partial charge in [0.15, 0.2) is 11.5 Å². The van der Waals surface area contributed by atoms with Crippen molar-refractivity contribution >= 4 is 11.7 Å². The first kappa shape index (κ1) is 17.6. The topological polar surface area (TPSA) is 66.9 Å². The molecular formula is C20H24N4O3. The highest BCUT2D eigenvalue weighted by Gasteiger charge is 2.21. The monoisotopic (exact) mass is 368 g/mol. The number of nitrogens with one attached hydrogen (secondary N) is 1. The molecule has 0 unspecified atom stereocenters. The van der Waals surface area contributed by atoms with Crippen molar-refractivity contribution in [3.05, 3.63) is 48.2 Å². The number of benzene rings is 1. The number of anilines is 1. The van der Waals surface area contributed by atoms with Crippen molar-refractivity contribution < 1.29 is 14.3 Å². The lowest BCUT2D eigenvalue weighted by Crippen LogP contribution is -2.49. The fourth-order valence-corrected chi connectivity index (χ4v) is 3.43. The minimum atomic E-state index is -0.0817.